The van der Waals surface area contributed by atoms with Gasteiger partial charge in [-0.3, -0.25) is 14.4 Å². The number of hydrogen-bond acceptors (Lipinski definition) is 3. The average molecular weight is 436 g/mol. The smallest absolute Gasteiger partial charge is 0.260 e. The van der Waals surface area contributed by atoms with Crippen molar-refractivity contribution >= 4 is 34.8 Å². The zero-order valence-corrected chi connectivity index (χ0v) is 18.0. The third-order valence-corrected chi connectivity index (χ3v) is 5.82. The van der Waals surface area contributed by atoms with E-state index in [1.807, 2.05) is 43.3 Å². The number of benzene rings is 2. The monoisotopic (exact) mass is 435 g/mol. The predicted molar refractivity (Wildman–Crippen MR) is 122 cm³/mol. The summed E-state index contributed by atoms with van der Waals surface area (Å²) in [6.07, 6.45) is 2.00. The standard InChI is InChI=1S/C24H22ClN3O3/c1-15-13-22(28(16(2)29)19-10-8-18(25)9-11-19)20-5-3-4-6-21(20)27(15)24(31)17-7-12-23(30)26-14-17/h3-12,14-15,22H,13H2,1-2H3,(H,26,30)/t15-,22+/m0/s1. The van der Waals surface area contributed by atoms with E-state index in [1.54, 1.807) is 28.9 Å². The summed E-state index contributed by atoms with van der Waals surface area (Å²) in [6.45, 7) is 3.51. The molecule has 0 radical (unpaired) electrons. The Labute approximate surface area is 185 Å². The number of halogens is 1. The van der Waals surface area contributed by atoms with Crippen LogP contribution < -0.4 is 15.4 Å². The van der Waals surface area contributed by atoms with Crippen molar-refractivity contribution < 1.29 is 9.59 Å². The molecule has 2 atom stereocenters. The van der Waals surface area contributed by atoms with Crippen LogP contribution in [0.5, 0.6) is 0 Å². The number of nitrogens with zero attached hydrogens (tertiary/aromatic N) is 2. The summed E-state index contributed by atoms with van der Waals surface area (Å²) in [5, 5.41) is 0.599. The first-order valence-electron chi connectivity index (χ1n) is 10.0. The number of amides is 2. The molecule has 0 aliphatic carbocycles. The number of rotatable bonds is 3. The van der Waals surface area contributed by atoms with Crippen LogP contribution in [0, 0.1) is 0 Å². The highest BCUT2D eigenvalue weighted by molar-refractivity contribution is 6.30. The van der Waals surface area contributed by atoms with Gasteiger partial charge in [0.15, 0.2) is 0 Å². The van der Waals surface area contributed by atoms with E-state index in [0.29, 0.717) is 17.0 Å². The molecule has 0 fully saturated rings. The van der Waals surface area contributed by atoms with Crippen molar-refractivity contribution in [3.63, 3.8) is 0 Å². The van der Waals surface area contributed by atoms with Gasteiger partial charge in [-0.25, -0.2) is 0 Å². The van der Waals surface area contributed by atoms with E-state index < -0.39 is 0 Å². The quantitative estimate of drug-likeness (QED) is 0.655. The molecule has 0 bridgehead atoms. The first-order chi connectivity index (χ1) is 14.9. The largest absolute Gasteiger partial charge is 0.328 e. The van der Waals surface area contributed by atoms with Gasteiger partial charge in [0.25, 0.3) is 5.91 Å². The lowest BCUT2D eigenvalue weighted by atomic mass is 9.89. The van der Waals surface area contributed by atoms with Crippen molar-refractivity contribution in [2.24, 2.45) is 0 Å². The van der Waals surface area contributed by atoms with Crippen LogP contribution in [0.3, 0.4) is 0 Å². The van der Waals surface area contributed by atoms with Crippen LogP contribution in [0.2, 0.25) is 5.02 Å². The summed E-state index contributed by atoms with van der Waals surface area (Å²) in [7, 11) is 0. The van der Waals surface area contributed by atoms with Crippen molar-refractivity contribution in [2.75, 3.05) is 9.80 Å². The minimum atomic E-state index is -0.260. The number of aromatic nitrogens is 1. The van der Waals surface area contributed by atoms with Crippen LogP contribution in [0.4, 0.5) is 11.4 Å². The zero-order valence-electron chi connectivity index (χ0n) is 17.2. The van der Waals surface area contributed by atoms with Crippen molar-refractivity contribution in [1.29, 1.82) is 0 Å². The van der Waals surface area contributed by atoms with E-state index in [-0.39, 0.29) is 29.5 Å². The average Bonchev–Trinajstić information content (AvgIpc) is 2.75. The van der Waals surface area contributed by atoms with E-state index in [4.69, 9.17) is 11.6 Å². The molecule has 1 aromatic heterocycles. The molecule has 1 N–H and O–H groups in total. The van der Waals surface area contributed by atoms with Crippen LogP contribution in [-0.2, 0) is 4.79 Å². The fourth-order valence-electron chi connectivity index (χ4n) is 4.20. The highest BCUT2D eigenvalue weighted by Crippen LogP contribution is 2.42. The number of H-pyrrole nitrogens is 1. The first kappa shape index (κ1) is 20.9. The summed E-state index contributed by atoms with van der Waals surface area (Å²) in [4.78, 5) is 43.5. The lowest BCUT2D eigenvalue weighted by Crippen LogP contribution is -2.47. The normalized spacial score (nSPS) is 17.7. The molecule has 0 saturated heterocycles. The van der Waals surface area contributed by atoms with Crippen LogP contribution >= 0.6 is 11.6 Å². The number of carbonyl (C=O) groups excluding carboxylic acids is 2. The van der Waals surface area contributed by atoms with E-state index in [2.05, 4.69) is 4.98 Å². The maximum Gasteiger partial charge on any atom is 0.260 e. The molecule has 0 spiro atoms. The van der Waals surface area contributed by atoms with E-state index in [1.165, 1.54) is 18.3 Å². The Morgan fingerprint density at radius 1 is 1.06 bits per heavy atom. The molecule has 6 nitrogen and oxygen atoms in total. The van der Waals surface area contributed by atoms with Gasteiger partial charge in [-0.1, -0.05) is 29.8 Å². The van der Waals surface area contributed by atoms with Crippen molar-refractivity contribution in [3.05, 3.63) is 93.4 Å². The van der Waals surface area contributed by atoms with Gasteiger partial charge < -0.3 is 14.8 Å². The molecular weight excluding hydrogens is 414 g/mol. The fourth-order valence-corrected chi connectivity index (χ4v) is 4.33. The molecular formula is C24H22ClN3O3. The van der Waals surface area contributed by atoms with Crippen molar-refractivity contribution in [1.82, 2.24) is 4.98 Å². The summed E-state index contributed by atoms with van der Waals surface area (Å²) < 4.78 is 0. The second-order valence-corrected chi connectivity index (χ2v) is 8.08. The second-order valence-electron chi connectivity index (χ2n) is 7.64. The maximum atomic E-state index is 13.3. The molecule has 3 aromatic rings. The minimum Gasteiger partial charge on any atom is -0.328 e. The second kappa shape index (κ2) is 8.40. The number of fused-ring (bicyclic) bond motifs is 1. The Morgan fingerprint density at radius 3 is 2.42 bits per heavy atom. The number of anilines is 2. The molecule has 2 heterocycles. The van der Waals surface area contributed by atoms with Crippen LogP contribution in [0.15, 0.2) is 71.7 Å². The van der Waals surface area contributed by atoms with Gasteiger partial charge in [0.1, 0.15) is 0 Å². The number of nitrogens with one attached hydrogen (secondary N) is 1. The predicted octanol–water partition coefficient (Wildman–Crippen LogP) is 4.56. The molecule has 7 heteroatoms. The fraction of sp³-hybridized carbons (Fsp3) is 0.208. The van der Waals surface area contributed by atoms with Gasteiger partial charge >= 0.3 is 0 Å². The number of carbonyl (C=O) groups is 2. The zero-order chi connectivity index (χ0) is 22.1. The highest BCUT2D eigenvalue weighted by Gasteiger charge is 2.38. The Kier molecular flexibility index (Phi) is 5.65. The molecule has 158 valence electrons. The Hall–Kier alpha value is -3.38. The molecule has 2 aromatic carbocycles. The van der Waals surface area contributed by atoms with Gasteiger partial charge in [-0.15, -0.1) is 0 Å². The van der Waals surface area contributed by atoms with Gasteiger partial charge in [0, 0.05) is 41.6 Å². The summed E-state index contributed by atoms with van der Waals surface area (Å²) in [6, 6.07) is 17.3. The van der Waals surface area contributed by atoms with Gasteiger partial charge in [0.05, 0.1) is 11.6 Å². The lowest BCUT2D eigenvalue weighted by molar-refractivity contribution is -0.117. The van der Waals surface area contributed by atoms with Crippen LogP contribution in [-0.4, -0.2) is 22.8 Å². The molecule has 2 amide bonds. The molecule has 31 heavy (non-hydrogen) atoms. The van der Waals surface area contributed by atoms with Gasteiger partial charge in [-0.2, -0.15) is 0 Å². The maximum absolute atomic E-state index is 13.3. The number of para-hydroxylation sites is 1. The van der Waals surface area contributed by atoms with Crippen LogP contribution in [0.1, 0.15) is 42.2 Å². The lowest BCUT2D eigenvalue weighted by Gasteiger charge is -2.43. The Balaban J connectivity index is 1.78. The first-order valence-corrected chi connectivity index (χ1v) is 10.4. The van der Waals surface area contributed by atoms with E-state index in [0.717, 1.165) is 16.9 Å². The molecule has 1 aliphatic heterocycles. The number of aromatic amines is 1. The van der Waals surface area contributed by atoms with E-state index in [9.17, 15) is 14.4 Å². The van der Waals surface area contributed by atoms with Gasteiger partial charge in [-0.05, 0) is 55.3 Å². The molecule has 0 saturated carbocycles. The number of pyridine rings is 1. The molecule has 1 aliphatic rings. The summed E-state index contributed by atoms with van der Waals surface area (Å²) >= 11 is 6.04. The van der Waals surface area contributed by atoms with E-state index >= 15 is 0 Å². The Morgan fingerprint density at radius 2 is 1.77 bits per heavy atom. The van der Waals surface area contributed by atoms with Gasteiger partial charge in [0.2, 0.25) is 11.5 Å². The van der Waals surface area contributed by atoms with Crippen LogP contribution in [0.25, 0.3) is 0 Å². The molecule has 0 unspecified atom stereocenters. The summed E-state index contributed by atoms with van der Waals surface area (Å²) in [5.41, 5.74) is 2.54. The topological polar surface area (TPSA) is 73.5 Å². The SMILES string of the molecule is CC(=O)N(c1ccc(Cl)cc1)[C@@H]1C[C@H](C)N(C(=O)c2ccc(=O)[nH]c2)c2ccccc21. The summed E-state index contributed by atoms with van der Waals surface area (Å²) in [5.74, 6) is -0.287. The number of hydrogen-bond donors (Lipinski definition) is 1. The van der Waals surface area contributed by atoms with Crippen molar-refractivity contribution in [2.45, 2.75) is 32.4 Å². The third kappa shape index (κ3) is 3.99. The molecule has 4 rings (SSSR count). The van der Waals surface area contributed by atoms with Crippen molar-refractivity contribution in [3.8, 4) is 0 Å². The Bertz CT molecular complexity index is 1170. The third-order valence-electron chi connectivity index (χ3n) is 5.57. The highest BCUT2D eigenvalue weighted by atomic mass is 35.5. The minimum absolute atomic E-state index is 0.0882.